The highest BCUT2D eigenvalue weighted by molar-refractivity contribution is 7.10. The van der Waals surface area contributed by atoms with Crippen molar-refractivity contribution in [3.63, 3.8) is 0 Å². The number of hydrogen-bond donors (Lipinski definition) is 2. The molecular weight excluding hydrogens is 320 g/mol. The number of aliphatic imine (C=N–C) groups is 1. The minimum atomic E-state index is 0.0995. The van der Waals surface area contributed by atoms with Crippen LogP contribution in [0.1, 0.15) is 43.3 Å². The lowest BCUT2D eigenvalue weighted by Crippen LogP contribution is -2.48. The third-order valence-electron chi connectivity index (χ3n) is 4.70. The average Bonchev–Trinajstić information content (AvgIpc) is 3.30. The molecule has 0 radical (unpaired) electrons. The first-order valence-electron chi connectivity index (χ1n) is 8.45. The monoisotopic (exact) mass is 346 g/mol. The Morgan fingerprint density at radius 2 is 2.25 bits per heavy atom. The second-order valence-corrected chi connectivity index (χ2v) is 7.84. The molecule has 0 bridgehead atoms. The molecule has 1 aliphatic heterocycles. The standard InChI is InChI=1S/C17H26N6S/c1-17(2,14-5-4-10-24-14)11-19-16(18-3)23-8-6-13(7-9-23)15-20-12-21-22-15/h4-5,10,12-13H,6-9,11H2,1-3H3,(H,18,19)(H,20,21,22). The van der Waals surface area contributed by atoms with Gasteiger partial charge in [-0.2, -0.15) is 5.10 Å². The van der Waals surface area contributed by atoms with Crippen molar-refractivity contribution in [2.24, 2.45) is 4.99 Å². The van der Waals surface area contributed by atoms with Crippen LogP contribution >= 0.6 is 11.3 Å². The number of aromatic amines is 1. The molecule has 130 valence electrons. The van der Waals surface area contributed by atoms with Gasteiger partial charge in [0.25, 0.3) is 0 Å². The van der Waals surface area contributed by atoms with Crippen molar-refractivity contribution >= 4 is 17.3 Å². The Morgan fingerprint density at radius 3 is 2.83 bits per heavy atom. The number of nitrogens with one attached hydrogen (secondary N) is 2. The van der Waals surface area contributed by atoms with E-state index in [4.69, 9.17) is 0 Å². The van der Waals surface area contributed by atoms with Gasteiger partial charge in [-0.3, -0.25) is 10.1 Å². The largest absolute Gasteiger partial charge is 0.355 e. The molecule has 0 atom stereocenters. The molecule has 1 fully saturated rings. The predicted octanol–water partition coefficient (Wildman–Crippen LogP) is 2.60. The topological polar surface area (TPSA) is 69.2 Å². The number of H-pyrrole nitrogens is 1. The summed E-state index contributed by atoms with van der Waals surface area (Å²) < 4.78 is 0. The van der Waals surface area contributed by atoms with Gasteiger partial charge in [0, 0.05) is 42.9 Å². The third kappa shape index (κ3) is 3.77. The van der Waals surface area contributed by atoms with Crippen LogP contribution in [-0.2, 0) is 5.41 Å². The number of guanidine groups is 1. The number of piperidine rings is 1. The Morgan fingerprint density at radius 1 is 1.46 bits per heavy atom. The van der Waals surface area contributed by atoms with Crippen molar-refractivity contribution in [2.45, 2.75) is 38.0 Å². The molecule has 1 aliphatic rings. The van der Waals surface area contributed by atoms with Crippen molar-refractivity contribution < 1.29 is 0 Å². The Bertz CT molecular complexity index is 639. The van der Waals surface area contributed by atoms with Crippen LogP contribution in [0, 0.1) is 0 Å². The number of thiophene rings is 1. The van der Waals surface area contributed by atoms with E-state index in [-0.39, 0.29) is 5.41 Å². The van der Waals surface area contributed by atoms with Crippen LogP contribution in [0.25, 0.3) is 0 Å². The molecule has 0 saturated carbocycles. The van der Waals surface area contributed by atoms with Crippen molar-refractivity contribution in [3.8, 4) is 0 Å². The quantitative estimate of drug-likeness (QED) is 0.659. The Hall–Kier alpha value is -1.89. The van der Waals surface area contributed by atoms with Gasteiger partial charge >= 0.3 is 0 Å². The highest BCUT2D eigenvalue weighted by Gasteiger charge is 2.26. The van der Waals surface area contributed by atoms with E-state index in [1.165, 1.54) is 4.88 Å². The van der Waals surface area contributed by atoms with Crippen LogP contribution < -0.4 is 5.32 Å². The fourth-order valence-corrected chi connectivity index (χ4v) is 4.01. The maximum Gasteiger partial charge on any atom is 0.193 e. The van der Waals surface area contributed by atoms with Gasteiger partial charge < -0.3 is 10.2 Å². The number of nitrogens with zero attached hydrogens (tertiary/aromatic N) is 4. The van der Waals surface area contributed by atoms with Gasteiger partial charge in [-0.15, -0.1) is 11.3 Å². The molecular formula is C17H26N6S. The van der Waals surface area contributed by atoms with Crippen molar-refractivity contribution in [1.29, 1.82) is 0 Å². The fraction of sp³-hybridized carbons (Fsp3) is 0.588. The minimum Gasteiger partial charge on any atom is -0.355 e. The average molecular weight is 347 g/mol. The molecule has 3 rings (SSSR count). The summed E-state index contributed by atoms with van der Waals surface area (Å²) in [6.45, 7) is 7.40. The zero-order valence-electron chi connectivity index (χ0n) is 14.6. The summed E-state index contributed by atoms with van der Waals surface area (Å²) in [6, 6.07) is 4.32. The summed E-state index contributed by atoms with van der Waals surface area (Å²) in [5, 5.41) is 12.7. The minimum absolute atomic E-state index is 0.0995. The summed E-state index contributed by atoms with van der Waals surface area (Å²) in [5.74, 6) is 2.48. The van der Waals surface area contributed by atoms with Crippen LogP contribution in [0.5, 0.6) is 0 Å². The van der Waals surface area contributed by atoms with E-state index < -0.39 is 0 Å². The van der Waals surface area contributed by atoms with Crippen LogP contribution in [-0.4, -0.2) is 52.7 Å². The lowest BCUT2D eigenvalue weighted by atomic mass is 9.91. The molecule has 6 nitrogen and oxygen atoms in total. The van der Waals surface area contributed by atoms with Gasteiger partial charge in [0.15, 0.2) is 5.96 Å². The van der Waals surface area contributed by atoms with E-state index in [1.54, 1.807) is 6.33 Å². The lowest BCUT2D eigenvalue weighted by Gasteiger charge is -2.35. The first-order chi connectivity index (χ1) is 11.6. The van der Waals surface area contributed by atoms with E-state index in [9.17, 15) is 0 Å². The molecule has 1 saturated heterocycles. The second kappa shape index (κ2) is 7.34. The first kappa shape index (κ1) is 17.0. The second-order valence-electron chi connectivity index (χ2n) is 6.89. The lowest BCUT2D eigenvalue weighted by molar-refractivity contribution is 0.297. The Kier molecular flexibility index (Phi) is 5.18. The number of likely N-dealkylation sites (tertiary alicyclic amines) is 1. The van der Waals surface area contributed by atoms with Crippen LogP contribution in [0.4, 0.5) is 0 Å². The number of hydrogen-bond acceptors (Lipinski definition) is 4. The van der Waals surface area contributed by atoms with Crippen LogP contribution in [0.3, 0.4) is 0 Å². The highest BCUT2D eigenvalue weighted by Crippen LogP contribution is 2.27. The molecule has 7 heteroatoms. The molecule has 2 aromatic heterocycles. The van der Waals surface area contributed by atoms with E-state index in [0.717, 1.165) is 44.3 Å². The zero-order chi connectivity index (χ0) is 17.0. The maximum atomic E-state index is 4.48. The van der Waals surface area contributed by atoms with Gasteiger partial charge in [0.05, 0.1) is 0 Å². The summed E-state index contributed by atoms with van der Waals surface area (Å²) in [6.07, 6.45) is 3.74. The Balaban J connectivity index is 1.54. The summed E-state index contributed by atoms with van der Waals surface area (Å²) in [7, 11) is 1.86. The summed E-state index contributed by atoms with van der Waals surface area (Å²) in [4.78, 5) is 12.5. The zero-order valence-corrected chi connectivity index (χ0v) is 15.4. The SMILES string of the molecule is CN=C(NCC(C)(C)c1cccs1)N1CCC(c2ncn[nH]2)CC1. The van der Waals surface area contributed by atoms with Crippen LogP contribution in [0.15, 0.2) is 28.8 Å². The van der Waals surface area contributed by atoms with Crippen molar-refractivity contribution in [1.82, 2.24) is 25.4 Å². The van der Waals surface area contributed by atoms with E-state index >= 15 is 0 Å². The van der Waals surface area contributed by atoms with E-state index in [2.05, 4.69) is 61.8 Å². The molecule has 0 unspecified atom stereocenters. The maximum absolute atomic E-state index is 4.48. The summed E-state index contributed by atoms with van der Waals surface area (Å²) in [5.41, 5.74) is 0.0995. The third-order valence-corrected chi connectivity index (χ3v) is 5.94. The molecule has 24 heavy (non-hydrogen) atoms. The molecule has 0 spiro atoms. The fourth-order valence-electron chi connectivity index (χ4n) is 3.16. The first-order valence-corrected chi connectivity index (χ1v) is 9.33. The van der Waals surface area contributed by atoms with Gasteiger partial charge in [-0.1, -0.05) is 19.9 Å². The molecule has 3 heterocycles. The van der Waals surface area contributed by atoms with E-state index in [1.807, 2.05) is 18.4 Å². The van der Waals surface area contributed by atoms with Gasteiger partial charge in [-0.05, 0) is 24.3 Å². The summed E-state index contributed by atoms with van der Waals surface area (Å²) >= 11 is 1.81. The molecule has 2 aromatic rings. The Labute approximate surface area is 147 Å². The number of rotatable bonds is 4. The highest BCUT2D eigenvalue weighted by atomic mass is 32.1. The smallest absolute Gasteiger partial charge is 0.193 e. The molecule has 0 aliphatic carbocycles. The molecule has 2 N–H and O–H groups in total. The van der Waals surface area contributed by atoms with Crippen molar-refractivity contribution in [2.75, 3.05) is 26.7 Å². The van der Waals surface area contributed by atoms with Crippen LogP contribution in [0.2, 0.25) is 0 Å². The molecule has 0 aromatic carbocycles. The predicted molar refractivity (Wildman–Crippen MR) is 98.6 cm³/mol. The van der Waals surface area contributed by atoms with E-state index in [0.29, 0.717) is 5.92 Å². The van der Waals surface area contributed by atoms with Gasteiger partial charge in [-0.25, -0.2) is 4.98 Å². The van der Waals surface area contributed by atoms with Gasteiger partial charge in [0.2, 0.25) is 0 Å². The van der Waals surface area contributed by atoms with Crippen molar-refractivity contribution in [3.05, 3.63) is 34.5 Å². The molecule has 0 amide bonds. The number of aromatic nitrogens is 3. The normalized spacial score (nSPS) is 17.3. The van der Waals surface area contributed by atoms with Gasteiger partial charge in [0.1, 0.15) is 12.2 Å².